The van der Waals surface area contributed by atoms with Gasteiger partial charge in [-0.2, -0.15) is 0 Å². The molecule has 1 aromatic carbocycles. The Morgan fingerprint density at radius 3 is 2.09 bits per heavy atom. The highest BCUT2D eigenvalue weighted by Gasteiger charge is 2.13. The number of phenols is 1. The van der Waals surface area contributed by atoms with Crippen molar-refractivity contribution in [2.24, 2.45) is 0 Å². The Morgan fingerprint density at radius 1 is 1.04 bits per heavy atom. The SMILES string of the molecule is C=CC(=O)OCCCCCCOC(=O)c1cc(Cl)c(O)c(Cl)c1. The molecule has 0 fully saturated rings. The van der Waals surface area contributed by atoms with Crippen molar-refractivity contribution in [3.63, 3.8) is 0 Å². The summed E-state index contributed by atoms with van der Waals surface area (Å²) in [7, 11) is 0. The number of rotatable bonds is 9. The molecule has 5 nitrogen and oxygen atoms in total. The summed E-state index contributed by atoms with van der Waals surface area (Å²) in [5.74, 6) is -1.24. The van der Waals surface area contributed by atoms with Crippen LogP contribution in [-0.4, -0.2) is 30.3 Å². The zero-order chi connectivity index (χ0) is 17.2. The summed E-state index contributed by atoms with van der Waals surface area (Å²) in [6.45, 7) is 3.93. The third-order valence-corrected chi connectivity index (χ3v) is 3.51. The molecular formula is C16H18Cl2O5. The van der Waals surface area contributed by atoms with Crippen LogP contribution >= 0.6 is 23.2 Å². The molecule has 1 rings (SSSR count). The zero-order valence-corrected chi connectivity index (χ0v) is 14.0. The summed E-state index contributed by atoms with van der Waals surface area (Å²) in [4.78, 5) is 22.6. The molecule has 0 radical (unpaired) electrons. The Morgan fingerprint density at radius 2 is 1.57 bits per heavy atom. The van der Waals surface area contributed by atoms with Gasteiger partial charge in [-0.3, -0.25) is 0 Å². The Kier molecular flexibility index (Phi) is 8.51. The summed E-state index contributed by atoms with van der Waals surface area (Å²) in [6, 6.07) is 2.61. The monoisotopic (exact) mass is 360 g/mol. The molecule has 7 heteroatoms. The molecule has 1 aromatic rings. The lowest BCUT2D eigenvalue weighted by atomic mass is 10.2. The minimum absolute atomic E-state index is 0.00137. The second kappa shape index (κ2) is 10.1. The van der Waals surface area contributed by atoms with E-state index in [1.165, 1.54) is 12.1 Å². The van der Waals surface area contributed by atoms with Crippen LogP contribution in [0.1, 0.15) is 36.0 Å². The highest BCUT2D eigenvalue weighted by Crippen LogP contribution is 2.32. The lowest BCUT2D eigenvalue weighted by molar-refractivity contribution is -0.137. The fraction of sp³-hybridized carbons (Fsp3) is 0.375. The molecule has 0 atom stereocenters. The van der Waals surface area contributed by atoms with Crippen LogP contribution in [0.3, 0.4) is 0 Å². The average molecular weight is 361 g/mol. The molecule has 1 N–H and O–H groups in total. The summed E-state index contributed by atoms with van der Waals surface area (Å²) in [6.07, 6.45) is 4.27. The summed E-state index contributed by atoms with van der Waals surface area (Å²) in [5.41, 5.74) is 0.189. The van der Waals surface area contributed by atoms with E-state index < -0.39 is 11.9 Å². The van der Waals surface area contributed by atoms with Crippen LogP contribution in [-0.2, 0) is 14.3 Å². The van der Waals surface area contributed by atoms with E-state index in [1.807, 2.05) is 0 Å². The molecule has 0 aliphatic heterocycles. The predicted molar refractivity (Wildman–Crippen MR) is 88.0 cm³/mol. The van der Waals surface area contributed by atoms with Gasteiger partial charge in [-0.15, -0.1) is 0 Å². The number of carbonyl (C=O) groups is 2. The van der Waals surface area contributed by atoms with E-state index in [4.69, 9.17) is 32.7 Å². The molecule has 126 valence electrons. The van der Waals surface area contributed by atoms with E-state index >= 15 is 0 Å². The number of phenolic OH excluding ortho intramolecular Hbond substituents is 1. The van der Waals surface area contributed by atoms with Crippen LogP contribution < -0.4 is 0 Å². The first-order valence-corrected chi connectivity index (χ1v) is 7.85. The van der Waals surface area contributed by atoms with Gasteiger partial charge in [-0.1, -0.05) is 29.8 Å². The van der Waals surface area contributed by atoms with E-state index in [0.29, 0.717) is 13.0 Å². The van der Waals surface area contributed by atoms with Gasteiger partial charge in [0.1, 0.15) is 0 Å². The third-order valence-electron chi connectivity index (χ3n) is 2.94. The summed E-state index contributed by atoms with van der Waals surface area (Å²) in [5, 5.41) is 9.42. The van der Waals surface area contributed by atoms with Crippen LogP contribution in [0.15, 0.2) is 24.8 Å². The molecule has 0 aliphatic rings. The Labute approximate surface area is 144 Å². The van der Waals surface area contributed by atoms with Crippen molar-refractivity contribution >= 4 is 35.1 Å². The van der Waals surface area contributed by atoms with Gasteiger partial charge < -0.3 is 14.6 Å². The van der Waals surface area contributed by atoms with Crippen LogP contribution in [0.25, 0.3) is 0 Å². The van der Waals surface area contributed by atoms with E-state index in [0.717, 1.165) is 25.3 Å². The van der Waals surface area contributed by atoms with Crippen LogP contribution in [0, 0.1) is 0 Å². The van der Waals surface area contributed by atoms with Gasteiger partial charge in [0.05, 0.1) is 28.8 Å². The zero-order valence-electron chi connectivity index (χ0n) is 12.5. The first-order chi connectivity index (χ1) is 11.0. The van der Waals surface area contributed by atoms with Crippen molar-refractivity contribution in [2.75, 3.05) is 13.2 Å². The van der Waals surface area contributed by atoms with Crippen molar-refractivity contribution in [1.82, 2.24) is 0 Å². The number of unbranched alkanes of at least 4 members (excludes halogenated alkanes) is 3. The minimum atomic E-state index is -0.547. The number of halogens is 2. The van der Waals surface area contributed by atoms with Gasteiger partial charge in [0.25, 0.3) is 0 Å². The van der Waals surface area contributed by atoms with Gasteiger partial charge in [0.2, 0.25) is 0 Å². The second-order valence-electron chi connectivity index (χ2n) is 4.71. The van der Waals surface area contributed by atoms with Crippen LogP contribution in [0.2, 0.25) is 10.0 Å². The maximum absolute atomic E-state index is 11.8. The predicted octanol–water partition coefficient (Wildman–Crippen LogP) is 4.15. The Hall–Kier alpha value is -1.72. The molecular weight excluding hydrogens is 343 g/mol. The molecule has 0 spiro atoms. The number of carbonyl (C=O) groups excluding carboxylic acids is 2. The molecule has 0 aromatic heterocycles. The van der Waals surface area contributed by atoms with E-state index in [-0.39, 0.29) is 28.0 Å². The van der Waals surface area contributed by atoms with Crippen molar-refractivity contribution in [2.45, 2.75) is 25.7 Å². The Bertz CT molecular complexity index is 549. The molecule has 0 aliphatic carbocycles. The lowest BCUT2D eigenvalue weighted by Crippen LogP contribution is -2.07. The van der Waals surface area contributed by atoms with Crippen LogP contribution in [0.4, 0.5) is 0 Å². The van der Waals surface area contributed by atoms with Crippen molar-refractivity contribution in [1.29, 1.82) is 0 Å². The van der Waals surface area contributed by atoms with E-state index in [2.05, 4.69) is 6.58 Å². The first kappa shape index (κ1) is 19.3. The van der Waals surface area contributed by atoms with Crippen molar-refractivity contribution in [3.05, 3.63) is 40.4 Å². The molecule has 0 heterocycles. The maximum Gasteiger partial charge on any atom is 0.338 e. The van der Waals surface area contributed by atoms with Crippen molar-refractivity contribution < 1.29 is 24.2 Å². The summed E-state index contributed by atoms with van der Waals surface area (Å²) < 4.78 is 9.94. The third kappa shape index (κ3) is 6.93. The second-order valence-corrected chi connectivity index (χ2v) is 5.52. The lowest BCUT2D eigenvalue weighted by Gasteiger charge is -2.07. The topological polar surface area (TPSA) is 72.8 Å². The number of hydrogen-bond donors (Lipinski definition) is 1. The molecule has 0 saturated carbocycles. The van der Waals surface area contributed by atoms with E-state index in [1.54, 1.807) is 0 Å². The average Bonchev–Trinajstić information content (AvgIpc) is 2.53. The highest BCUT2D eigenvalue weighted by molar-refractivity contribution is 6.37. The molecule has 0 amide bonds. The number of benzene rings is 1. The fourth-order valence-corrected chi connectivity index (χ4v) is 2.21. The van der Waals surface area contributed by atoms with Gasteiger partial charge in [0.15, 0.2) is 5.75 Å². The quantitative estimate of drug-likeness (QED) is 0.406. The summed E-state index contributed by atoms with van der Waals surface area (Å²) >= 11 is 11.5. The first-order valence-electron chi connectivity index (χ1n) is 7.10. The highest BCUT2D eigenvalue weighted by atomic mass is 35.5. The van der Waals surface area contributed by atoms with Gasteiger partial charge >= 0.3 is 11.9 Å². The number of hydrogen-bond acceptors (Lipinski definition) is 5. The van der Waals surface area contributed by atoms with Crippen molar-refractivity contribution in [3.8, 4) is 5.75 Å². The minimum Gasteiger partial charge on any atom is -0.505 e. The number of aromatic hydroxyl groups is 1. The van der Waals surface area contributed by atoms with Gasteiger partial charge in [0, 0.05) is 6.08 Å². The van der Waals surface area contributed by atoms with Gasteiger partial charge in [-0.25, -0.2) is 9.59 Å². The maximum atomic E-state index is 11.8. The smallest absolute Gasteiger partial charge is 0.338 e. The van der Waals surface area contributed by atoms with Gasteiger partial charge in [-0.05, 0) is 37.8 Å². The molecule has 0 bridgehead atoms. The molecule has 0 saturated heterocycles. The normalized spacial score (nSPS) is 10.2. The fourth-order valence-electron chi connectivity index (χ4n) is 1.72. The van der Waals surface area contributed by atoms with Crippen LogP contribution in [0.5, 0.6) is 5.75 Å². The molecule has 23 heavy (non-hydrogen) atoms. The van der Waals surface area contributed by atoms with E-state index in [9.17, 15) is 14.7 Å². The molecule has 0 unspecified atom stereocenters. The largest absolute Gasteiger partial charge is 0.505 e. The Balaban J connectivity index is 2.20. The number of esters is 2. The standard InChI is InChI=1S/C16H18Cl2O5/c1-2-14(19)22-7-5-3-4-6-8-23-16(21)11-9-12(17)15(20)13(18)10-11/h2,9-10,20H,1,3-8H2. The number of ether oxygens (including phenoxy) is 2.